The summed E-state index contributed by atoms with van der Waals surface area (Å²) in [4.78, 5) is 9.10. The van der Waals surface area contributed by atoms with E-state index in [1.807, 2.05) is 6.92 Å². The highest BCUT2D eigenvalue weighted by molar-refractivity contribution is 6.30. The van der Waals surface area contributed by atoms with Gasteiger partial charge in [-0.1, -0.05) is 51.6 Å². The Hall–Kier alpha value is -0.830. The molecule has 112 valence electrons. The fourth-order valence-corrected chi connectivity index (χ4v) is 2.80. The van der Waals surface area contributed by atoms with E-state index in [4.69, 9.17) is 11.6 Å². The van der Waals surface area contributed by atoms with Gasteiger partial charge >= 0.3 is 0 Å². The molecule has 1 aliphatic rings. The summed E-state index contributed by atoms with van der Waals surface area (Å²) in [5, 5.41) is 4.07. The van der Waals surface area contributed by atoms with E-state index in [1.54, 1.807) is 0 Å². The van der Waals surface area contributed by atoms with Crippen LogP contribution in [0.15, 0.2) is 0 Å². The van der Waals surface area contributed by atoms with Gasteiger partial charge in [0, 0.05) is 17.5 Å². The van der Waals surface area contributed by atoms with Crippen molar-refractivity contribution in [2.75, 3.05) is 11.9 Å². The molecular weight excluding hydrogens is 270 g/mol. The van der Waals surface area contributed by atoms with E-state index in [9.17, 15) is 0 Å². The number of nitrogens with one attached hydrogen (secondary N) is 1. The average Bonchev–Trinajstić information content (AvgIpc) is 2.40. The standard InChI is InChI=1S/C16H26ClN3/c1-11-13(17)19-15(16(2,3)4)20-14(11)18-10-12-8-6-5-7-9-12/h12H,5-10H2,1-4H3,(H,18,19,20). The van der Waals surface area contributed by atoms with Crippen LogP contribution in [0.2, 0.25) is 5.15 Å². The zero-order chi connectivity index (χ0) is 14.8. The molecule has 1 aliphatic carbocycles. The second-order valence-electron chi connectivity index (χ2n) is 6.95. The Morgan fingerprint density at radius 1 is 1.15 bits per heavy atom. The van der Waals surface area contributed by atoms with E-state index >= 15 is 0 Å². The van der Waals surface area contributed by atoms with Crippen LogP contribution in [0, 0.1) is 12.8 Å². The predicted octanol–water partition coefficient (Wildman–Crippen LogP) is 4.73. The third-order valence-electron chi connectivity index (χ3n) is 4.04. The largest absolute Gasteiger partial charge is 0.369 e. The summed E-state index contributed by atoms with van der Waals surface area (Å²) in [7, 11) is 0. The number of hydrogen-bond donors (Lipinski definition) is 1. The molecule has 0 spiro atoms. The number of rotatable bonds is 3. The predicted molar refractivity (Wildman–Crippen MR) is 85.5 cm³/mol. The van der Waals surface area contributed by atoms with Crippen molar-refractivity contribution in [3.8, 4) is 0 Å². The van der Waals surface area contributed by atoms with Crippen LogP contribution in [0.1, 0.15) is 64.3 Å². The van der Waals surface area contributed by atoms with E-state index in [2.05, 4.69) is 36.1 Å². The van der Waals surface area contributed by atoms with Gasteiger partial charge in [0.15, 0.2) is 0 Å². The Balaban J connectivity index is 2.11. The van der Waals surface area contributed by atoms with E-state index in [0.717, 1.165) is 29.7 Å². The lowest BCUT2D eigenvalue weighted by Crippen LogP contribution is -2.21. The molecule has 0 atom stereocenters. The quantitative estimate of drug-likeness (QED) is 0.819. The van der Waals surface area contributed by atoms with Gasteiger partial charge in [0.25, 0.3) is 0 Å². The van der Waals surface area contributed by atoms with Gasteiger partial charge in [-0.25, -0.2) is 9.97 Å². The smallest absolute Gasteiger partial charge is 0.137 e. The maximum atomic E-state index is 6.26. The summed E-state index contributed by atoms with van der Waals surface area (Å²) in [6, 6.07) is 0. The van der Waals surface area contributed by atoms with Crippen LogP contribution < -0.4 is 5.32 Å². The molecule has 0 unspecified atom stereocenters. The molecule has 1 heterocycles. The summed E-state index contributed by atoms with van der Waals surface area (Å²) in [5.74, 6) is 2.48. The molecule has 2 rings (SSSR count). The molecule has 0 amide bonds. The van der Waals surface area contributed by atoms with Crippen molar-refractivity contribution in [1.29, 1.82) is 0 Å². The monoisotopic (exact) mass is 295 g/mol. The molecule has 0 radical (unpaired) electrons. The van der Waals surface area contributed by atoms with Crippen LogP contribution in [-0.2, 0) is 5.41 Å². The van der Waals surface area contributed by atoms with Crippen LogP contribution in [0.5, 0.6) is 0 Å². The van der Waals surface area contributed by atoms with Crippen molar-refractivity contribution in [1.82, 2.24) is 9.97 Å². The maximum absolute atomic E-state index is 6.26. The molecule has 20 heavy (non-hydrogen) atoms. The van der Waals surface area contributed by atoms with Crippen molar-refractivity contribution >= 4 is 17.4 Å². The molecule has 0 bridgehead atoms. The average molecular weight is 296 g/mol. The molecule has 1 fully saturated rings. The Morgan fingerprint density at radius 2 is 1.80 bits per heavy atom. The van der Waals surface area contributed by atoms with Crippen LogP contribution in [0.25, 0.3) is 0 Å². The lowest BCUT2D eigenvalue weighted by Gasteiger charge is -2.24. The Kier molecular flexibility index (Phi) is 4.90. The molecule has 1 aromatic heterocycles. The third kappa shape index (κ3) is 3.85. The molecule has 0 aromatic carbocycles. The number of halogens is 1. The van der Waals surface area contributed by atoms with Gasteiger partial charge in [-0.15, -0.1) is 0 Å². The lowest BCUT2D eigenvalue weighted by atomic mass is 9.89. The lowest BCUT2D eigenvalue weighted by molar-refractivity contribution is 0.373. The van der Waals surface area contributed by atoms with Crippen LogP contribution >= 0.6 is 11.6 Å². The third-order valence-corrected chi connectivity index (χ3v) is 4.41. The van der Waals surface area contributed by atoms with E-state index in [1.165, 1.54) is 32.1 Å². The highest BCUT2D eigenvalue weighted by Crippen LogP contribution is 2.28. The van der Waals surface area contributed by atoms with Crippen molar-refractivity contribution in [2.24, 2.45) is 5.92 Å². The first-order chi connectivity index (χ1) is 9.38. The second kappa shape index (κ2) is 6.30. The van der Waals surface area contributed by atoms with Gasteiger partial charge in [-0.3, -0.25) is 0 Å². The van der Waals surface area contributed by atoms with Crippen LogP contribution in [0.4, 0.5) is 5.82 Å². The number of aromatic nitrogens is 2. The zero-order valence-corrected chi connectivity index (χ0v) is 13.8. The molecule has 0 saturated heterocycles. The van der Waals surface area contributed by atoms with Gasteiger partial charge in [0.2, 0.25) is 0 Å². The molecule has 1 saturated carbocycles. The first-order valence-electron chi connectivity index (χ1n) is 7.66. The van der Waals surface area contributed by atoms with Crippen molar-refractivity contribution in [3.63, 3.8) is 0 Å². The van der Waals surface area contributed by atoms with Gasteiger partial charge in [-0.2, -0.15) is 0 Å². The van der Waals surface area contributed by atoms with Gasteiger partial charge in [0.05, 0.1) is 0 Å². The SMILES string of the molecule is Cc1c(Cl)nc(C(C)(C)C)nc1NCC1CCCCC1. The Morgan fingerprint density at radius 3 is 2.40 bits per heavy atom. The van der Waals surface area contributed by atoms with Gasteiger partial charge in [-0.05, 0) is 25.7 Å². The normalized spacial score (nSPS) is 17.2. The molecule has 3 nitrogen and oxygen atoms in total. The molecule has 1 aromatic rings. The topological polar surface area (TPSA) is 37.8 Å². The van der Waals surface area contributed by atoms with E-state index in [-0.39, 0.29) is 5.41 Å². The minimum atomic E-state index is -0.0847. The molecule has 4 heteroatoms. The highest BCUT2D eigenvalue weighted by atomic mass is 35.5. The molecule has 0 aliphatic heterocycles. The summed E-state index contributed by atoms with van der Waals surface area (Å²) in [6.07, 6.45) is 6.78. The first kappa shape index (κ1) is 15.6. The van der Waals surface area contributed by atoms with Crippen molar-refractivity contribution < 1.29 is 0 Å². The second-order valence-corrected chi connectivity index (χ2v) is 7.30. The summed E-state index contributed by atoms with van der Waals surface area (Å²) in [5.41, 5.74) is 0.869. The molecular formula is C16H26ClN3. The molecule has 1 N–H and O–H groups in total. The summed E-state index contributed by atoms with van der Waals surface area (Å²) < 4.78 is 0. The van der Waals surface area contributed by atoms with Crippen LogP contribution in [0.3, 0.4) is 0 Å². The summed E-state index contributed by atoms with van der Waals surface area (Å²) >= 11 is 6.26. The number of nitrogens with zero attached hydrogens (tertiary/aromatic N) is 2. The van der Waals surface area contributed by atoms with Crippen LogP contribution in [-0.4, -0.2) is 16.5 Å². The Bertz CT molecular complexity index is 460. The van der Waals surface area contributed by atoms with E-state index < -0.39 is 0 Å². The van der Waals surface area contributed by atoms with Gasteiger partial charge in [0.1, 0.15) is 16.8 Å². The maximum Gasteiger partial charge on any atom is 0.137 e. The van der Waals surface area contributed by atoms with Crippen molar-refractivity contribution in [3.05, 3.63) is 16.5 Å². The Labute approximate surface area is 127 Å². The minimum absolute atomic E-state index is 0.0847. The summed E-state index contributed by atoms with van der Waals surface area (Å²) in [6.45, 7) is 9.31. The van der Waals surface area contributed by atoms with Gasteiger partial charge < -0.3 is 5.32 Å². The van der Waals surface area contributed by atoms with E-state index in [0.29, 0.717) is 5.15 Å². The number of anilines is 1. The number of hydrogen-bond acceptors (Lipinski definition) is 3. The minimum Gasteiger partial charge on any atom is -0.369 e. The highest BCUT2D eigenvalue weighted by Gasteiger charge is 2.21. The fourth-order valence-electron chi connectivity index (χ4n) is 2.63. The van der Waals surface area contributed by atoms with Crippen molar-refractivity contribution in [2.45, 2.75) is 65.2 Å². The first-order valence-corrected chi connectivity index (χ1v) is 8.04. The zero-order valence-electron chi connectivity index (χ0n) is 13.1. The fraction of sp³-hybridized carbons (Fsp3) is 0.750.